The summed E-state index contributed by atoms with van der Waals surface area (Å²) in [5.74, 6) is 2.11. The minimum absolute atomic E-state index is 0.0648. The van der Waals surface area contributed by atoms with Gasteiger partial charge in [-0.25, -0.2) is 0 Å². The van der Waals surface area contributed by atoms with Gasteiger partial charge in [-0.05, 0) is 60.2 Å². The first-order chi connectivity index (χ1) is 20.2. The van der Waals surface area contributed by atoms with Gasteiger partial charge in [-0.1, -0.05) is 48.5 Å². The number of nitrogens with zero attached hydrogens (tertiary/aromatic N) is 1. The first-order valence-corrected chi connectivity index (χ1v) is 14.8. The molecule has 0 amide bonds. The summed E-state index contributed by atoms with van der Waals surface area (Å²) in [6, 6.07) is 25.6. The summed E-state index contributed by atoms with van der Waals surface area (Å²) in [5, 5.41) is 3.74. The lowest BCUT2D eigenvalue weighted by Crippen LogP contribution is -2.47. The number of rotatable bonds is 14. The Morgan fingerprint density at radius 1 is 0.927 bits per heavy atom. The molecule has 2 aliphatic rings. The maximum Gasteiger partial charge on any atom is 0.142 e. The predicted octanol–water partition coefficient (Wildman–Crippen LogP) is 5.57. The van der Waals surface area contributed by atoms with Crippen LogP contribution < -0.4 is 19.7 Å². The highest BCUT2D eigenvalue weighted by atomic mass is 16.5. The van der Waals surface area contributed by atoms with Crippen LogP contribution in [0.5, 0.6) is 11.5 Å². The third-order valence-corrected chi connectivity index (χ3v) is 8.08. The van der Waals surface area contributed by atoms with E-state index in [9.17, 15) is 0 Å². The maximum atomic E-state index is 6.64. The topological polar surface area (TPSA) is 61.4 Å². The van der Waals surface area contributed by atoms with E-state index in [-0.39, 0.29) is 12.0 Å². The molecule has 2 heterocycles. The standard InChI is InChI=1S/C34H44N2O5/c1-37-18-6-16-36-17-20-40-33-14-9-27(21-32(33)36)25-41-34-23-35-29(15-19-39-24-26-7-4-3-5-8-26)22-31(34)28-10-12-30(38-2)13-11-28/h3-5,7-14,21,29,31,34-35H,6,15-20,22-25H2,1-2H3/t29-,31+,34?/m0/s1. The van der Waals surface area contributed by atoms with E-state index >= 15 is 0 Å². The van der Waals surface area contributed by atoms with E-state index in [0.29, 0.717) is 25.9 Å². The Labute approximate surface area is 244 Å². The largest absolute Gasteiger partial charge is 0.497 e. The van der Waals surface area contributed by atoms with Gasteiger partial charge in [-0.3, -0.25) is 0 Å². The summed E-state index contributed by atoms with van der Waals surface area (Å²) in [6.45, 7) is 6.06. The number of fused-ring (bicyclic) bond motifs is 1. The second-order valence-electron chi connectivity index (χ2n) is 10.9. The molecule has 0 aromatic heterocycles. The molecule has 1 saturated heterocycles. The Hall–Kier alpha value is -3.10. The van der Waals surface area contributed by atoms with E-state index in [0.717, 1.165) is 74.9 Å². The zero-order valence-electron chi connectivity index (χ0n) is 24.4. The number of nitrogens with one attached hydrogen (secondary N) is 1. The normalized spacial score (nSPS) is 20.3. The Kier molecular flexibility index (Phi) is 10.9. The molecule has 1 N–H and O–H groups in total. The number of hydrogen-bond donors (Lipinski definition) is 1. The zero-order valence-corrected chi connectivity index (χ0v) is 24.4. The molecule has 2 aliphatic heterocycles. The SMILES string of the molecule is COCCCN1CCOc2ccc(COC3CN[C@@H](CCOCc4ccccc4)C[C@@H]3c3ccc(OC)cc3)cc21. The lowest BCUT2D eigenvalue weighted by Gasteiger charge is -2.37. The highest BCUT2D eigenvalue weighted by Crippen LogP contribution is 2.35. The van der Waals surface area contributed by atoms with Crippen molar-refractivity contribution in [2.45, 2.75) is 50.5 Å². The fraction of sp³-hybridized carbons (Fsp3) is 0.471. The van der Waals surface area contributed by atoms with Crippen LogP contribution in [0.1, 0.15) is 41.9 Å². The van der Waals surface area contributed by atoms with Crippen molar-refractivity contribution in [3.8, 4) is 11.5 Å². The minimum Gasteiger partial charge on any atom is -0.497 e. The van der Waals surface area contributed by atoms with Crippen LogP contribution >= 0.6 is 0 Å². The molecule has 220 valence electrons. The third kappa shape index (κ3) is 8.23. The molecule has 0 saturated carbocycles. The van der Waals surface area contributed by atoms with Gasteiger partial charge in [0.25, 0.3) is 0 Å². The maximum absolute atomic E-state index is 6.64. The van der Waals surface area contributed by atoms with Crippen LogP contribution in [-0.2, 0) is 27.4 Å². The van der Waals surface area contributed by atoms with E-state index in [2.05, 4.69) is 64.8 Å². The van der Waals surface area contributed by atoms with Gasteiger partial charge in [-0.2, -0.15) is 0 Å². The molecule has 0 radical (unpaired) electrons. The van der Waals surface area contributed by atoms with E-state index < -0.39 is 0 Å². The van der Waals surface area contributed by atoms with Gasteiger partial charge in [0.15, 0.2) is 0 Å². The van der Waals surface area contributed by atoms with Gasteiger partial charge in [0.05, 0.1) is 38.7 Å². The summed E-state index contributed by atoms with van der Waals surface area (Å²) in [7, 11) is 3.46. The molecule has 7 heteroatoms. The molecule has 0 bridgehead atoms. The van der Waals surface area contributed by atoms with Gasteiger partial charge in [0.2, 0.25) is 0 Å². The second-order valence-corrected chi connectivity index (χ2v) is 10.9. The van der Waals surface area contributed by atoms with Crippen molar-refractivity contribution in [2.75, 3.05) is 58.6 Å². The van der Waals surface area contributed by atoms with Crippen molar-refractivity contribution in [3.05, 3.63) is 89.5 Å². The molecule has 1 fully saturated rings. The van der Waals surface area contributed by atoms with Gasteiger partial charge in [0.1, 0.15) is 18.1 Å². The quantitative estimate of drug-likeness (QED) is 0.259. The van der Waals surface area contributed by atoms with Crippen molar-refractivity contribution in [1.29, 1.82) is 0 Å². The summed E-state index contributed by atoms with van der Waals surface area (Å²) in [6.07, 6.45) is 3.02. The van der Waals surface area contributed by atoms with Gasteiger partial charge < -0.3 is 33.9 Å². The van der Waals surface area contributed by atoms with Crippen molar-refractivity contribution in [1.82, 2.24) is 5.32 Å². The smallest absolute Gasteiger partial charge is 0.142 e. The van der Waals surface area contributed by atoms with E-state index in [1.807, 2.05) is 18.2 Å². The molecule has 3 aromatic carbocycles. The summed E-state index contributed by atoms with van der Waals surface area (Å²) >= 11 is 0. The van der Waals surface area contributed by atoms with Gasteiger partial charge >= 0.3 is 0 Å². The fourth-order valence-corrected chi connectivity index (χ4v) is 5.80. The number of anilines is 1. The Morgan fingerprint density at radius 2 is 1.78 bits per heavy atom. The number of methoxy groups -OCH3 is 2. The van der Waals surface area contributed by atoms with Crippen LogP contribution in [0.15, 0.2) is 72.8 Å². The molecule has 0 aliphatic carbocycles. The lowest BCUT2D eigenvalue weighted by molar-refractivity contribution is -0.000710. The number of ether oxygens (including phenoxy) is 5. The van der Waals surface area contributed by atoms with Crippen LogP contribution in [0.4, 0.5) is 5.69 Å². The third-order valence-electron chi connectivity index (χ3n) is 8.08. The Morgan fingerprint density at radius 3 is 2.59 bits per heavy atom. The van der Waals surface area contributed by atoms with E-state index in [1.54, 1.807) is 14.2 Å². The Balaban J connectivity index is 1.21. The van der Waals surface area contributed by atoms with E-state index in [1.165, 1.54) is 11.1 Å². The lowest BCUT2D eigenvalue weighted by atomic mass is 9.83. The average Bonchev–Trinajstić information content (AvgIpc) is 3.03. The van der Waals surface area contributed by atoms with Crippen LogP contribution in [-0.4, -0.2) is 65.8 Å². The molecule has 5 rings (SSSR count). The molecule has 3 aromatic rings. The van der Waals surface area contributed by atoms with Crippen molar-refractivity contribution in [3.63, 3.8) is 0 Å². The van der Waals surface area contributed by atoms with Crippen molar-refractivity contribution in [2.24, 2.45) is 0 Å². The highest BCUT2D eigenvalue weighted by molar-refractivity contribution is 5.61. The highest BCUT2D eigenvalue weighted by Gasteiger charge is 2.32. The molecular weight excluding hydrogens is 516 g/mol. The molecule has 1 unspecified atom stereocenters. The molecule has 41 heavy (non-hydrogen) atoms. The number of piperidine rings is 1. The summed E-state index contributed by atoms with van der Waals surface area (Å²) < 4.78 is 29.3. The van der Waals surface area contributed by atoms with Crippen LogP contribution in [0.2, 0.25) is 0 Å². The summed E-state index contributed by atoms with van der Waals surface area (Å²) in [5.41, 5.74) is 4.81. The first kappa shape index (κ1) is 29.4. The predicted molar refractivity (Wildman–Crippen MR) is 162 cm³/mol. The Bertz CT molecular complexity index is 1190. The molecular formula is C34H44N2O5. The van der Waals surface area contributed by atoms with Crippen molar-refractivity contribution < 1.29 is 23.7 Å². The number of hydrogen-bond acceptors (Lipinski definition) is 7. The first-order valence-electron chi connectivity index (χ1n) is 14.8. The molecule has 0 spiro atoms. The van der Waals surface area contributed by atoms with E-state index in [4.69, 9.17) is 23.7 Å². The minimum atomic E-state index is 0.0648. The molecule has 3 atom stereocenters. The second kappa shape index (κ2) is 15.2. The van der Waals surface area contributed by atoms with Gasteiger partial charge in [-0.15, -0.1) is 0 Å². The zero-order chi connectivity index (χ0) is 28.3. The van der Waals surface area contributed by atoms with Crippen LogP contribution in [0, 0.1) is 0 Å². The molecule has 7 nitrogen and oxygen atoms in total. The number of benzene rings is 3. The van der Waals surface area contributed by atoms with Crippen LogP contribution in [0.3, 0.4) is 0 Å². The monoisotopic (exact) mass is 560 g/mol. The summed E-state index contributed by atoms with van der Waals surface area (Å²) in [4.78, 5) is 2.40. The average molecular weight is 561 g/mol. The van der Waals surface area contributed by atoms with Crippen LogP contribution in [0.25, 0.3) is 0 Å². The van der Waals surface area contributed by atoms with Gasteiger partial charge in [0, 0.05) is 45.4 Å². The van der Waals surface area contributed by atoms with Crippen molar-refractivity contribution >= 4 is 5.69 Å². The fourth-order valence-electron chi connectivity index (χ4n) is 5.80.